The lowest BCUT2D eigenvalue weighted by molar-refractivity contribution is 0.0921. The first-order valence-corrected chi connectivity index (χ1v) is 4.48. The minimum absolute atomic E-state index is 0.0508. The predicted octanol–water partition coefficient (Wildman–Crippen LogP) is 1.78. The highest BCUT2D eigenvalue weighted by Gasteiger charge is 2.29. The lowest BCUT2D eigenvalue weighted by Gasteiger charge is -2.23. The van der Waals surface area contributed by atoms with E-state index < -0.39 is 28.9 Å². The van der Waals surface area contributed by atoms with Gasteiger partial charge in [0.25, 0.3) is 5.91 Å². The summed E-state index contributed by atoms with van der Waals surface area (Å²) < 4.78 is 39.4. The van der Waals surface area contributed by atoms with Crippen LogP contribution in [0.4, 0.5) is 13.2 Å². The summed E-state index contributed by atoms with van der Waals surface area (Å²) in [4.78, 5) is 11.3. The monoisotopic (exact) mass is 215 g/mol. The summed E-state index contributed by atoms with van der Waals surface area (Å²) in [7, 11) is 0. The van der Waals surface area contributed by atoms with Crippen LogP contribution in [-0.4, -0.2) is 11.9 Å². The van der Waals surface area contributed by atoms with E-state index in [1.165, 1.54) is 0 Å². The number of benzene rings is 1. The Morgan fingerprint density at radius 2 is 2.00 bits per heavy atom. The molecule has 2 nitrogen and oxygen atoms in total. The van der Waals surface area contributed by atoms with Crippen LogP contribution >= 0.6 is 0 Å². The molecule has 0 fully saturated rings. The molecule has 1 amide bonds. The van der Waals surface area contributed by atoms with Gasteiger partial charge < -0.3 is 5.32 Å². The van der Waals surface area contributed by atoms with Crippen molar-refractivity contribution < 1.29 is 18.0 Å². The Morgan fingerprint density at radius 1 is 1.33 bits per heavy atom. The summed E-state index contributed by atoms with van der Waals surface area (Å²) >= 11 is 0. The summed E-state index contributed by atoms with van der Waals surface area (Å²) in [5.41, 5.74) is -0.559. The molecule has 0 aromatic heterocycles. The molecule has 1 unspecified atom stereocenters. The molecular weight excluding hydrogens is 207 g/mol. The normalized spacial score (nSPS) is 19.7. The van der Waals surface area contributed by atoms with Gasteiger partial charge in [0.05, 0.1) is 5.56 Å². The van der Waals surface area contributed by atoms with Gasteiger partial charge in [-0.1, -0.05) is 0 Å². The van der Waals surface area contributed by atoms with Gasteiger partial charge in [-0.3, -0.25) is 4.79 Å². The van der Waals surface area contributed by atoms with Crippen molar-refractivity contribution in [2.75, 3.05) is 0 Å². The Hall–Kier alpha value is -1.52. The number of hydrogen-bond acceptors (Lipinski definition) is 1. The lowest BCUT2D eigenvalue weighted by atomic mass is 9.95. The van der Waals surface area contributed by atoms with Crippen LogP contribution in [0.1, 0.15) is 22.8 Å². The zero-order chi connectivity index (χ0) is 11.2. The van der Waals surface area contributed by atoms with E-state index in [1.807, 2.05) is 0 Å². The van der Waals surface area contributed by atoms with E-state index in [-0.39, 0.29) is 18.0 Å². The maximum absolute atomic E-state index is 13.3. The fraction of sp³-hybridized carbons (Fsp3) is 0.300. The Kier molecular flexibility index (Phi) is 2.17. The largest absolute Gasteiger partial charge is 0.349 e. The number of carbonyl (C=O) groups excluding carboxylic acids is 1. The van der Waals surface area contributed by atoms with Gasteiger partial charge in [-0.15, -0.1) is 0 Å². The molecule has 0 aliphatic carbocycles. The Morgan fingerprint density at radius 3 is 2.67 bits per heavy atom. The average Bonchev–Trinajstić information content (AvgIpc) is 2.13. The van der Waals surface area contributed by atoms with E-state index in [9.17, 15) is 18.0 Å². The van der Waals surface area contributed by atoms with Gasteiger partial charge >= 0.3 is 0 Å². The Balaban J connectivity index is 2.69. The van der Waals surface area contributed by atoms with Crippen LogP contribution in [0.3, 0.4) is 0 Å². The van der Waals surface area contributed by atoms with E-state index in [2.05, 4.69) is 5.32 Å². The van der Waals surface area contributed by atoms with Gasteiger partial charge in [-0.2, -0.15) is 0 Å². The first kappa shape index (κ1) is 10.0. The van der Waals surface area contributed by atoms with Crippen molar-refractivity contribution in [1.29, 1.82) is 0 Å². The number of halogens is 3. The van der Waals surface area contributed by atoms with E-state index in [4.69, 9.17) is 0 Å². The molecule has 1 aliphatic rings. The zero-order valence-electron chi connectivity index (χ0n) is 7.90. The summed E-state index contributed by atoms with van der Waals surface area (Å²) in [5.74, 6) is -4.25. The second-order valence-corrected chi connectivity index (χ2v) is 3.59. The average molecular weight is 215 g/mol. The van der Waals surface area contributed by atoms with Gasteiger partial charge in [-0.05, 0) is 13.3 Å². The molecule has 1 heterocycles. The van der Waals surface area contributed by atoms with E-state index in [1.54, 1.807) is 6.92 Å². The second kappa shape index (κ2) is 3.25. The van der Waals surface area contributed by atoms with Crippen molar-refractivity contribution >= 4 is 5.91 Å². The van der Waals surface area contributed by atoms with Crippen LogP contribution in [0.5, 0.6) is 0 Å². The number of nitrogens with one attached hydrogen (secondary N) is 1. The van der Waals surface area contributed by atoms with E-state index >= 15 is 0 Å². The van der Waals surface area contributed by atoms with Gasteiger partial charge in [-0.25, -0.2) is 13.2 Å². The number of fused-ring (bicyclic) bond motifs is 1. The highest BCUT2D eigenvalue weighted by molar-refractivity contribution is 5.97. The van der Waals surface area contributed by atoms with Crippen LogP contribution in [-0.2, 0) is 6.42 Å². The maximum Gasteiger partial charge on any atom is 0.254 e. The Bertz CT molecular complexity index is 445. The number of hydrogen-bond donors (Lipinski definition) is 1. The van der Waals surface area contributed by atoms with Crippen molar-refractivity contribution in [3.63, 3.8) is 0 Å². The van der Waals surface area contributed by atoms with Crippen LogP contribution < -0.4 is 5.32 Å². The predicted molar refractivity (Wildman–Crippen MR) is 46.9 cm³/mol. The number of amides is 1. The van der Waals surface area contributed by atoms with Crippen molar-refractivity contribution in [3.05, 3.63) is 34.6 Å². The fourth-order valence-electron chi connectivity index (χ4n) is 1.72. The van der Waals surface area contributed by atoms with E-state index in [0.29, 0.717) is 6.07 Å². The molecule has 1 atom stereocenters. The molecular formula is C10H8F3NO. The maximum atomic E-state index is 13.3. The molecule has 2 rings (SSSR count). The smallest absolute Gasteiger partial charge is 0.254 e. The molecule has 0 saturated carbocycles. The molecule has 0 saturated heterocycles. The van der Waals surface area contributed by atoms with Crippen molar-refractivity contribution in [2.45, 2.75) is 19.4 Å². The molecule has 80 valence electrons. The molecule has 15 heavy (non-hydrogen) atoms. The van der Waals surface area contributed by atoms with Gasteiger partial charge in [0.2, 0.25) is 0 Å². The number of rotatable bonds is 0. The van der Waals surface area contributed by atoms with Gasteiger partial charge in [0.1, 0.15) is 5.82 Å². The third kappa shape index (κ3) is 1.48. The van der Waals surface area contributed by atoms with Gasteiger partial charge in [0, 0.05) is 17.7 Å². The fourth-order valence-corrected chi connectivity index (χ4v) is 1.72. The van der Waals surface area contributed by atoms with Crippen LogP contribution in [0.25, 0.3) is 0 Å². The van der Waals surface area contributed by atoms with Crippen molar-refractivity contribution in [3.8, 4) is 0 Å². The third-order valence-corrected chi connectivity index (χ3v) is 2.39. The molecule has 5 heteroatoms. The van der Waals surface area contributed by atoms with Crippen molar-refractivity contribution in [2.24, 2.45) is 0 Å². The highest BCUT2D eigenvalue weighted by Crippen LogP contribution is 2.24. The third-order valence-electron chi connectivity index (χ3n) is 2.39. The van der Waals surface area contributed by atoms with Crippen molar-refractivity contribution in [1.82, 2.24) is 5.32 Å². The quantitative estimate of drug-likeness (QED) is 0.656. The van der Waals surface area contributed by atoms with E-state index in [0.717, 1.165) is 0 Å². The minimum Gasteiger partial charge on any atom is -0.349 e. The van der Waals surface area contributed by atoms with Crippen LogP contribution in [0.15, 0.2) is 6.07 Å². The molecule has 1 aromatic rings. The summed E-state index contributed by atoms with van der Waals surface area (Å²) in [6, 6.07) is 0.198. The highest BCUT2D eigenvalue weighted by atomic mass is 19.2. The van der Waals surface area contributed by atoms with Gasteiger partial charge in [0.15, 0.2) is 11.6 Å². The molecule has 1 N–H and O–H groups in total. The molecule has 0 spiro atoms. The summed E-state index contributed by atoms with van der Waals surface area (Å²) in [6.45, 7) is 1.67. The summed E-state index contributed by atoms with van der Waals surface area (Å²) in [5, 5.41) is 2.42. The molecule has 1 aromatic carbocycles. The standard InChI is InChI=1S/C10H8F3NO/c1-4-2-5-6(11)3-7(12)9(13)8(5)10(15)14-4/h3-4H,2H2,1H3,(H,14,15). The lowest BCUT2D eigenvalue weighted by Crippen LogP contribution is -2.40. The molecule has 0 bridgehead atoms. The second-order valence-electron chi connectivity index (χ2n) is 3.59. The first-order chi connectivity index (χ1) is 7.00. The topological polar surface area (TPSA) is 29.1 Å². The minimum atomic E-state index is -1.34. The summed E-state index contributed by atoms with van der Waals surface area (Å²) in [6.07, 6.45) is 0.171. The zero-order valence-corrected chi connectivity index (χ0v) is 7.90. The number of carbonyl (C=O) groups is 1. The molecule has 0 radical (unpaired) electrons. The molecule has 1 aliphatic heterocycles. The first-order valence-electron chi connectivity index (χ1n) is 4.48. The van der Waals surface area contributed by atoms with Crippen LogP contribution in [0, 0.1) is 17.5 Å². The SMILES string of the molecule is CC1Cc2c(F)cc(F)c(F)c2C(=O)N1. The van der Waals surface area contributed by atoms with Crippen LogP contribution in [0.2, 0.25) is 0 Å². The Labute approximate surface area is 84.1 Å².